The van der Waals surface area contributed by atoms with Crippen molar-refractivity contribution in [2.45, 2.75) is 100 Å². The Hall–Kier alpha value is -11.8. The van der Waals surface area contributed by atoms with Crippen LogP contribution in [0.25, 0.3) is 126 Å². The minimum atomic E-state index is -1.13. The van der Waals surface area contributed by atoms with Crippen molar-refractivity contribution in [3.63, 3.8) is 0 Å². The van der Waals surface area contributed by atoms with Gasteiger partial charge < -0.3 is 36.5 Å². The lowest BCUT2D eigenvalue weighted by atomic mass is 9.98. The van der Waals surface area contributed by atoms with Crippen LogP contribution in [0, 0.1) is 24.3 Å². The Morgan fingerprint density at radius 3 is 1.12 bits per heavy atom. The number of phenolic OH excluding ortho intramolecular Hbond substituents is 1. The van der Waals surface area contributed by atoms with E-state index in [9.17, 15) is 5.11 Å². The lowest BCUT2D eigenvalue weighted by Crippen LogP contribution is -3.00. The molecule has 0 spiro atoms. The number of aromatic hydroxyl groups is 1. The molecule has 0 aliphatic carbocycles. The summed E-state index contributed by atoms with van der Waals surface area (Å²) < 4.78 is 28.1. The Balaban J connectivity index is 0.000000217. The van der Waals surface area contributed by atoms with Crippen LogP contribution in [0.1, 0.15) is 79.4 Å². The lowest BCUT2D eigenvalue weighted by Gasteiger charge is -2.15. The Morgan fingerprint density at radius 1 is 0.400 bits per heavy atom. The molecule has 18 heteroatoms. The van der Waals surface area contributed by atoms with Gasteiger partial charge in [0.1, 0.15) is 30.7 Å². The van der Waals surface area contributed by atoms with Gasteiger partial charge in [-0.05, 0) is 225 Å². The number of hydrogen-bond donors (Lipinski definition) is 3. The molecule has 0 aliphatic rings. The number of nitrogens with zero attached hydrogens (tertiary/aromatic N) is 6. The summed E-state index contributed by atoms with van der Waals surface area (Å²) in [7, 11) is 1.23. The van der Waals surface area contributed by atoms with E-state index < -0.39 is 16.1 Å². The summed E-state index contributed by atoms with van der Waals surface area (Å²) in [5, 5.41) is 39.2. The number of methoxy groups -OCH3 is 2. The summed E-state index contributed by atoms with van der Waals surface area (Å²) in [4.78, 5) is 2.89. The van der Waals surface area contributed by atoms with Gasteiger partial charge in [-0.15, -0.1) is 0 Å². The summed E-state index contributed by atoms with van der Waals surface area (Å²) >= 11 is 2.35. The Kier molecular flexibility index (Phi) is 34.4. The molecule has 0 aliphatic heterocycles. The highest BCUT2D eigenvalue weighted by Crippen LogP contribution is 2.37. The molecule has 0 bridgehead atoms. The number of rotatable bonds is 23. The minimum Gasteiger partial charge on any atom is -1.00 e. The Bertz CT molecular complexity index is 6020. The topological polar surface area (TPSA) is 164 Å². The molecular formula is C102H115ClIN9O5Si2. The smallest absolute Gasteiger partial charge is 0.166 e. The number of H-pyrrole nitrogens is 3. The fourth-order valence-electron chi connectivity index (χ4n) is 13.2. The first-order chi connectivity index (χ1) is 56.8. The average Bonchev–Trinajstić information content (AvgIpc) is 1.56. The van der Waals surface area contributed by atoms with Crippen LogP contribution in [0.3, 0.4) is 0 Å². The lowest BCUT2D eigenvalue weighted by molar-refractivity contribution is -0.378. The fourth-order valence-corrected chi connectivity index (χ4v) is 15.2. The average molecular weight is 1770 g/mol. The highest BCUT2D eigenvalue weighted by molar-refractivity contribution is 14.1. The number of phenols is 1. The van der Waals surface area contributed by atoms with Gasteiger partial charge in [-0.3, -0.25) is 10.2 Å². The molecule has 11 aromatic carbocycles. The van der Waals surface area contributed by atoms with Crippen LogP contribution in [0.15, 0.2) is 279 Å². The second-order valence-corrected chi connectivity index (χ2v) is 43.4. The molecule has 14 nitrogen and oxygen atoms in total. The summed E-state index contributed by atoms with van der Waals surface area (Å²) in [5.74, 6) is 2.11. The van der Waals surface area contributed by atoms with Crippen LogP contribution < -0.4 is 26.9 Å². The first-order valence-electron chi connectivity index (χ1n) is 39.5. The molecule has 16 rings (SSSR count). The number of halogens is 2. The number of fused-ring (bicyclic) bond motifs is 4. The Labute approximate surface area is 733 Å². The molecule has 0 fully saturated rings. The number of aromatic nitrogens is 9. The van der Waals surface area contributed by atoms with Gasteiger partial charge in [0.05, 0.1) is 59.1 Å². The molecule has 0 saturated carbocycles. The van der Waals surface area contributed by atoms with Crippen LogP contribution in [0.2, 0.25) is 51.4 Å². The third kappa shape index (κ3) is 25.6. The maximum Gasteiger partial charge on any atom is 0.166 e. The van der Waals surface area contributed by atoms with E-state index in [2.05, 4.69) is 265 Å². The zero-order valence-electron chi connectivity index (χ0n) is 68.9. The van der Waals surface area contributed by atoms with E-state index >= 15 is 0 Å². The maximum absolute atomic E-state index is 9.97. The molecule has 5 aromatic heterocycles. The number of ether oxygens (including phenoxy) is 4. The van der Waals surface area contributed by atoms with Gasteiger partial charge >= 0.3 is 0 Å². The first-order valence-corrected chi connectivity index (χ1v) is 47.9. The van der Waals surface area contributed by atoms with Gasteiger partial charge in [-0.2, -0.15) is 20.4 Å². The van der Waals surface area contributed by atoms with Crippen molar-refractivity contribution in [3.05, 3.63) is 345 Å². The van der Waals surface area contributed by atoms with E-state index in [4.69, 9.17) is 29.1 Å². The van der Waals surface area contributed by atoms with Gasteiger partial charge in [-0.25, -0.2) is 14.3 Å². The highest BCUT2D eigenvalue weighted by Gasteiger charge is 2.19. The Morgan fingerprint density at radius 2 is 0.750 bits per heavy atom. The van der Waals surface area contributed by atoms with Crippen LogP contribution in [-0.4, -0.2) is 88.6 Å². The largest absolute Gasteiger partial charge is 1.00 e. The van der Waals surface area contributed by atoms with Gasteiger partial charge in [0, 0.05) is 69.5 Å². The third-order valence-electron chi connectivity index (χ3n) is 19.9. The molecule has 0 atom stereocenters. The summed E-state index contributed by atoms with van der Waals surface area (Å²) in [6, 6.07) is 92.7. The molecule has 0 amide bonds. The summed E-state index contributed by atoms with van der Waals surface area (Å²) in [6.07, 6.45) is 20.4. The molecule has 120 heavy (non-hydrogen) atoms. The first kappa shape index (κ1) is 92.1. The molecule has 0 radical (unpaired) electrons. The van der Waals surface area contributed by atoms with Gasteiger partial charge in [-0.1, -0.05) is 260 Å². The van der Waals surface area contributed by atoms with Gasteiger partial charge in [0.25, 0.3) is 0 Å². The molecule has 5 heterocycles. The predicted molar refractivity (Wildman–Crippen MR) is 520 cm³/mol. The minimum absolute atomic E-state index is 0. The molecule has 0 saturated heterocycles. The fraction of sp³-hybridized carbons (Fsp3) is 0.186. The van der Waals surface area contributed by atoms with Crippen LogP contribution >= 0.6 is 22.6 Å². The number of benzene rings is 11. The number of hydrogen-bond acceptors (Lipinski definition) is 9. The van der Waals surface area contributed by atoms with E-state index in [1.165, 1.54) is 26.3 Å². The van der Waals surface area contributed by atoms with Crippen molar-refractivity contribution in [1.82, 2.24) is 40.0 Å². The molecule has 16 aromatic rings. The highest BCUT2D eigenvalue weighted by atomic mass is 127. The van der Waals surface area contributed by atoms with Crippen molar-refractivity contribution in [2.24, 2.45) is 0 Å². The third-order valence-corrected chi connectivity index (χ3v) is 24.0. The van der Waals surface area contributed by atoms with E-state index in [0.29, 0.717) is 19.2 Å². The zero-order valence-corrected chi connectivity index (χ0v) is 73.9. The van der Waals surface area contributed by atoms with E-state index in [-0.39, 0.29) is 30.1 Å². The predicted octanol–water partition coefficient (Wildman–Crippen LogP) is 24.0. The monoisotopic (exact) mass is 1760 g/mol. The quantitative estimate of drug-likeness (QED) is 0.0321. The number of aromatic amines is 3. The molecule has 0 unspecified atom stereocenters. The number of nitrogens with one attached hydrogen (secondary N) is 3. The molecule has 620 valence electrons. The summed E-state index contributed by atoms with van der Waals surface area (Å²) in [6.45, 7) is 22.9. The van der Waals surface area contributed by atoms with E-state index in [1.54, 1.807) is 20.3 Å². The van der Waals surface area contributed by atoms with E-state index in [1.807, 2.05) is 174 Å². The standard InChI is InChI=1S/C29H34N2O2Si.C23H20N2O.C22H18N2O.C21H25IN2OSi.C5H5N.2CH4.ClH.2H2/c1-22-25(12-9-13-29(22)32-2)24-15-17-28-26(20-24)27(16-14-23-10-7-6-8-11-23)30-31(28)21-33-18-19-34(3,4)5;1-16-19(9-6-10-23(16)26-2)18-12-14-22-20(15-18)21(24-25-22)13-11-17-7-4-3-5-8-17;1-15-18(8-5-9-22(15)25)17-11-13-21-19(14-17)20(23-24-21)12-10-16-6-3-2-4-7-16;1-26(2,3)14-13-25-16-24-21-12-10-18(22)15-19(21)20(23-24)11-9-17-7-5-4-6-8-17;1-2-4-6-5-3-1;;;;;/h6-17,20H,18-19,21H2,1-5H3;3-15H,1-2H3,(H,24,25);2-14,25H,1H3,(H,23,24);4-12,15H,13-14,16H2,1-3H3;1-5H;2*1H4;3*1H/b16-14+;13-11+;12-10+;11-9+;;;;;;. The molecular weight excluding hydrogens is 1650 g/mol. The van der Waals surface area contributed by atoms with Gasteiger partial charge in [0.2, 0.25) is 0 Å². The summed E-state index contributed by atoms with van der Waals surface area (Å²) in [5.41, 5.74) is 22.5. The van der Waals surface area contributed by atoms with Crippen molar-refractivity contribution < 1.29 is 44.3 Å². The van der Waals surface area contributed by atoms with Crippen molar-refractivity contribution in [3.8, 4) is 50.6 Å². The number of pyridine rings is 1. The van der Waals surface area contributed by atoms with Gasteiger partial charge in [0.15, 0.2) is 12.4 Å². The van der Waals surface area contributed by atoms with Crippen LogP contribution in [0.5, 0.6) is 17.2 Å². The normalized spacial score (nSPS) is 11.3. The van der Waals surface area contributed by atoms with E-state index in [0.717, 1.165) is 153 Å². The SMILES string of the molecule is C.C.COc1cccc(-c2ccc3[nH]nc(/C=C/c4ccccc4)c3c2)c1C.COc1cccc(-c2ccc3c(c2)c(/C=C/c2ccccc2)nn3COCC[Si](C)(C)C)c1C.C[Si](C)(C)CCOCn1nc(/C=C/c2ccccc2)c2cc(I)ccc21.Cc1c(O)cccc1-c1ccc2[nH]nc(/C=C/c3ccccc3)c2c1.[Cl-].[HH].[HH].c1cc[nH+]cc1. The van der Waals surface area contributed by atoms with Crippen molar-refractivity contribution in [1.29, 1.82) is 0 Å². The maximum atomic E-state index is 9.97. The van der Waals surface area contributed by atoms with Crippen LogP contribution in [-0.2, 0) is 22.9 Å². The van der Waals surface area contributed by atoms with Crippen molar-refractivity contribution >= 4 is 131 Å². The second-order valence-electron chi connectivity index (χ2n) is 30.9. The van der Waals surface area contributed by atoms with Crippen molar-refractivity contribution in [2.75, 3.05) is 27.4 Å². The molecule has 4 N–H and O–H groups in total. The zero-order chi connectivity index (χ0) is 82.1. The van der Waals surface area contributed by atoms with Crippen LogP contribution in [0.4, 0.5) is 0 Å². The second kappa shape index (κ2) is 44.8.